The van der Waals surface area contributed by atoms with Gasteiger partial charge in [-0.3, -0.25) is 14.6 Å². The molecule has 3 N–H and O–H groups in total. The first kappa shape index (κ1) is 18.6. The molecule has 8 heteroatoms. The van der Waals surface area contributed by atoms with Gasteiger partial charge in [0, 0.05) is 35.4 Å². The highest BCUT2D eigenvalue weighted by atomic mass is 16.5. The van der Waals surface area contributed by atoms with E-state index in [4.69, 9.17) is 10.5 Å². The van der Waals surface area contributed by atoms with Crippen LogP contribution in [0.25, 0.3) is 0 Å². The van der Waals surface area contributed by atoms with Gasteiger partial charge < -0.3 is 20.4 Å². The fraction of sp³-hybridized carbons (Fsp3) is 0.130. The number of benzene rings is 1. The predicted molar refractivity (Wildman–Crippen MR) is 112 cm³/mol. The average molecular weight is 411 g/mol. The number of nitrogens with two attached hydrogens (primary N) is 1. The fourth-order valence-corrected chi connectivity index (χ4v) is 4.41. The van der Waals surface area contributed by atoms with Crippen molar-refractivity contribution in [2.24, 2.45) is 5.73 Å². The Morgan fingerprint density at radius 1 is 1.26 bits per heavy atom. The zero-order valence-corrected chi connectivity index (χ0v) is 16.5. The molecule has 8 nitrogen and oxygen atoms in total. The third-order valence-electron chi connectivity index (χ3n) is 5.78. The molecule has 0 saturated heterocycles. The minimum Gasteiger partial charge on any atom is -0.440 e. The summed E-state index contributed by atoms with van der Waals surface area (Å²) >= 11 is 0. The van der Waals surface area contributed by atoms with Gasteiger partial charge in [-0.15, -0.1) is 0 Å². The van der Waals surface area contributed by atoms with Crippen LogP contribution in [0.1, 0.15) is 22.4 Å². The molecule has 0 fully saturated rings. The zero-order valence-electron chi connectivity index (χ0n) is 16.5. The summed E-state index contributed by atoms with van der Waals surface area (Å²) in [5.41, 5.74) is 6.43. The number of carbonyl (C=O) groups is 1. The second kappa shape index (κ2) is 6.57. The predicted octanol–water partition coefficient (Wildman–Crippen LogP) is 1.92. The van der Waals surface area contributed by atoms with E-state index < -0.39 is 16.9 Å². The van der Waals surface area contributed by atoms with Crippen LogP contribution in [0.5, 0.6) is 5.75 Å². The Hall–Kier alpha value is -4.38. The molecule has 31 heavy (non-hydrogen) atoms. The van der Waals surface area contributed by atoms with Crippen LogP contribution in [-0.4, -0.2) is 15.5 Å². The number of hydrogen-bond donors (Lipinski definition) is 2. The maximum Gasteiger partial charge on any atom is 0.259 e. The molecule has 152 valence electrons. The standard InChI is InChI=1S/C23H17N5O3/c1-13-9-18-19(21(29)28(13)12-14-5-4-8-26-11-14)23(16(10-24)20(25)31-18)15-6-2-3-7-17(15)27-22(23)30/h2-9,11H,12,25H2,1H3,(H,27,30)/t23-/m0/s1. The van der Waals surface area contributed by atoms with Crippen molar-refractivity contribution in [2.75, 3.05) is 5.32 Å². The number of pyridine rings is 2. The Morgan fingerprint density at radius 3 is 2.81 bits per heavy atom. The topological polar surface area (TPSA) is 123 Å². The molecule has 1 aromatic carbocycles. The maximum atomic E-state index is 13.8. The molecule has 0 unspecified atom stereocenters. The highest BCUT2D eigenvalue weighted by Gasteiger charge is 2.58. The number of para-hydroxylation sites is 1. The quantitative estimate of drug-likeness (QED) is 0.664. The third kappa shape index (κ3) is 2.43. The Morgan fingerprint density at radius 2 is 2.06 bits per heavy atom. The van der Waals surface area contributed by atoms with E-state index in [1.54, 1.807) is 60.3 Å². The smallest absolute Gasteiger partial charge is 0.259 e. The zero-order chi connectivity index (χ0) is 21.8. The lowest BCUT2D eigenvalue weighted by Gasteiger charge is -2.33. The number of nitriles is 1. The van der Waals surface area contributed by atoms with Crippen molar-refractivity contribution < 1.29 is 9.53 Å². The van der Waals surface area contributed by atoms with E-state index in [0.29, 0.717) is 16.9 Å². The fourth-order valence-electron chi connectivity index (χ4n) is 4.41. The summed E-state index contributed by atoms with van der Waals surface area (Å²) < 4.78 is 7.23. The first-order valence-electron chi connectivity index (χ1n) is 9.61. The second-order valence-electron chi connectivity index (χ2n) is 7.48. The Labute approximate surface area is 177 Å². The molecule has 1 spiro atoms. The van der Waals surface area contributed by atoms with Gasteiger partial charge >= 0.3 is 0 Å². The number of amides is 1. The lowest BCUT2D eigenvalue weighted by molar-refractivity contribution is -0.118. The first-order chi connectivity index (χ1) is 15.0. The number of rotatable bonds is 2. The number of nitrogens with zero attached hydrogens (tertiary/aromatic N) is 3. The number of ether oxygens (including phenoxy) is 1. The number of fused-ring (bicyclic) bond motifs is 4. The molecular weight excluding hydrogens is 394 g/mol. The monoisotopic (exact) mass is 411 g/mol. The van der Waals surface area contributed by atoms with Crippen LogP contribution < -0.4 is 21.3 Å². The van der Waals surface area contributed by atoms with E-state index in [2.05, 4.69) is 10.3 Å². The maximum absolute atomic E-state index is 13.8. The highest BCUT2D eigenvalue weighted by Crippen LogP contribution is 2.51. The lowest BCUT2D eigenvalue weighted by atomic mass is 9.69. The molecule has 0 bridgehead atoms. The van der Waals surface area contributed by atoms with Crippen molar-refractivity contribution in [3.05, 3.63) is 99.1 Å². The van der Waals surface area contributed by atoms with Crippen LogP contribution in [-0.2, 0) is 16.8 Å². The van der Waals surface area contributed by atoms with Crippen molar-refractivity contribution >= 4 is 11.6 Å². The molecule has 1 amide bonds. The first-order valence-corrected chi connectivity index (χ1v) is 9.61. The number of nitrogens with one attached hydrogen (secondary N) is 1. The summed E-state index contributed by atoms with van der Waals surface area (Å²) in [7, 11) is 0. The molecule has 5 rings (SSSR count). The summed E-state index contributed by atoms with van der Waals surface area (Å²) in [6.07, 6.45) is 3.33. The number of aromatic nitrogens is 2. The molecule has 0 saturated carbocycles. The number of anilines is 1. The van der Waals surface area contributed by atoms with Crippen molar-refractivity contribution in [1.82, 2.24) is 9.55 Å². The molecule has 2 aliphatic heterocycles. The van der Waals surface area contributed by atoms with Gasteiger partial charge in [0.2, 0.25) is 11.8 Å². The summed E-state index contributed by atoms with van der Waals surface area (Å²) in [5.74, 6) is -0.523. The molecule has 0 aliphatic carbocycles. The Balaban J connectivity index is 1.85. The van der Waals surface area contributed by atoms with E-state index >= 15 is 0 Å². The van der Waals surface area contributed by atoms with Crippen LogP contribution in [0.4, 0.5) is 5.69 Å². The molecule has 0 radical (unpaired) electrons. The number of carbonyl (C=O) groups excluding carboxylic acids is 1. The summed E-state index contributed by atoms with van der Waals surface area (Å²) in [6, 6.07) is 14.3. The van der Waals surface area contributed by atoms with Gasteiger partial charge in [-0.25, -0.2) is 0 Å². The van der Waals surface area contributed by atoms with Crippen LogP contribution in [0.15, 0.2) is 71.1 Å². The van der Waals surface area contributed by atoms with Crippen LogP contribution in [0, 0.1) is 18.3 Å². The van der Waals surface area contributed by atoms with E-state index in [1.807, 2.05) is 12.1 Å². The van der Waals surface area contributed by atoms with Gasteiger partial charge in [0.15, 0.2) is 5.41 Å². The molecule has 1 atom stereocenters. The van der Waals surface area contributed by atoms with Gasteiger partial charge in [-0.05, 0) is 24.6 Å². The summed E-state index contributed by atoms with van der Waals surface area (Å²) in [6.45, 7) is 2.03. The molecular formula is C23H17N5O3. The van der Waals surface area contributed by atoms with Gasteiger partial charge in [0.25, 0.3) is 5.56 Å². The van der Waals surface area contributed by atoms with E-state index in [9.17, 15) is 14.9 Å². The third-order valence-corrected chi connectivity index (χ3v) is 5.78. The van der Waals surface area contributed by atoms with Gasteiger partial charge in [-0.1, -0.05) is 24.3 Å². The molecule has 3 aromatic rings. The lowest BCUT2D eigenvalue weighted by Crippen LogP contribution is -2.47. The number of aryl methyl sites for hydroxylation is 1. The SMILES string of the molecule is Cc1cc2c(c(=O)n1Cc1cccnc1)[C@@]1(C(=O)Nc3ccccc31)C(C#N)=C(N)O2. The minimum absolute atomic E-state index is 0.0789. The van der Waals surface area contributed by atoms with Crippen LogP contribution in [0.2, 0.25) is 0 Å². The van der Waals surface area contributed by atoms with Crippen LogP contribution >= 0.6 is 0 Å². The summed E-state index contributed by atoms with van der Waals surface area (Å²) in [4.78, 5) is 31.4. The van der Waals surface area contributed by atoms with E-state index in [-0.39, 0.29) is 29.3 Å². The van der Waals surface area contributed by atoms with Crippen molar-refractivity contribution in [2.45, 2.75) is 18.9 Å². The van der Waals surface area contributed by atoms with Gasteiger partial charge in [0.05, 0.1) is 12.1 Å². The minimum atomic E-state index is -1.68. The Bertz CT molecular complexity index is 1380. The van der Waals surface area contributed by atoms with Crippen molar-refractivity contribution in [1.29, 1.82) is 5.26 Å². The number of hydrogen-bond acceptors (Lipinski definition) is 6. The highest BCUT2D eigenvalue weighted by molar-refractivity contribution is 6.12. The second-order valence-corrected chi connectivity index (χ2v) is 7.48. The summed E-state index contributed by atoms with van der Waals surface area (Å²) in [5, 5.41) is 12.7. The molecule has 2 aromatic heterocycles. The van der Waals surface area contributed by atoms with Crippen LogP contribution in [0.3, 0.4) is 0 Å². The average Bonchev–Trinajstić information content (AvgIpc) is 3.04. The largest absolute Gasteiger partial charge is 0.440 e. The molecule has 4 heterocycles. The molecule has 2 aliphatic rings. The van der Waals surface area contributed by atoms with Crippen molar-refractivity contribution in [3.63, 3.8) is 0 Å². The normalized spacial score (nSPS) is 18.8. The van der Waals surface area contributed by atoms with Gasteiger partial charge in [-0.2, -0.15) is 5.26 Å². The van der Waals surface area contributed by atoms with Gasteiger partial charge in [0.1, 0.15) is 17.4 Å². The van der Waals surface area contributed by atoms with E-state index in [1.165, 1.54) is 0 Å². The van der Waals surface area contributed by atoms with Crippen molar-refractivity contribution in [3.8, 4) is 11.8 Å². The Kier molecular flexibility index (Phi) is 3.95. The van der Waals surface area contributed by atoms with E-state index in [0.717, 1.165) is 5.56 Å².